The summed E-state index contributed by atoms with van der Waals surface area (Å²) in [6.07, 6.45) is 12.5. The molecule has 0 radical (unpaired) electrons. The van der Waals surface area contributed by atoms with E-state index in [0.717, 1.165) is 6.42 Å². The Morgan fingerprint density at radius 3 is 2.32 bits per heavy atom. The van der Waals surface area contributed by atoms with Gasteiger partial charge in [0.2, 0.25) is 0 Å². The molecular weight excluding hydrogens is 280 g/mol. The molecule has 0 bridgehead atoms. The predicted molar refractivity (Wildman–Crippen MR) is 88.7 cm³/mol. The van der Waals surface area contributed by atoms with Crippen LogP contribution >= 0.6 is 0 Å². The van der Waals surface area contributed by atoms with Gasteiger partial charge in [-0.2, -0.15) is 0 Å². The Labute approximate surface area is 135 Å². The van der Waals surface area contributed by atoms with Crippen molar-refractivity contribution < 1.29 is 19.7 Å². The third-order valence-electron chi connectivity index (χ3n) is 4.03. The summed E-state index contributed by atoms with van der Waals surface area (Å²) >= 11 is 0. The molecule has 3 atom stereocenters. The topological polar surface area (TPSA) is 58.9 Å². The van der Waals surface area contributed by atoms with E-state index in [4.69, 9.17) is 14.6 Å². The van der Waals surface area contributed by atoms with Crippen LogP contribution in [0, 0.1) is 0 Å². The third kappa shape index (κ3) is 7.23. The number of hydrogen-bond acceptors (Lipinski definition) is 4. The fourth-order valence-electron chi connectivity index (χ4n) is 2.82. The first kappa shape index (κ1) is 19.6. The van der Waals surface area contributed by atoms with E-state index >= 15 is 0 Å². The standard InChI is InChI=1S/C18H34O4/c1-4-5-6-7-8-9-10-11-12-13-16-17(15(20)14-19)22-18(2,3)21-16/h12-13,15-17,19-20H,4-11,14H2,1-3H3/b13-12-. The van der Waals surface area contributed by atoms with Crippen LogP contribution in [-0.2, 0) is 9.47 Å². The first-order valence-electron chi connectivity index (χ1n) is 8.81. The highest BCUT2D eigenvalue weighted by atomic mass is 16.8. The van der Waals surface area contributed by atoms with Crippen molar-refractivity contribution in [2.75, 3.05) is 6.61 Å². The van der Waals surface area contributed by atoms with E-state index in [-0.39, 0.29) is 12.7 Å². The average Bonchev–Trinajstić information content (AvgIpc) is 2.79. The molecule has 1 heterocycles. The van der Waals surface area contributed by atoms with E-state index < -0.39 is 18.0 Å². The van der Waals surface area contributed by atoms with Crippen molar-refractivity contribution >= 4 is 0 Å². The predicted octanol–water partition coefficient (Wildman–Crippen LogP) is 3.56. The lowest BCUT2D eigenvalue weighted by atomic mass is 10.1. The van der Waals surface area contributed by atoms with Crippen LogP contribution in [0.15, 0.2) is 12.2 Å². The second kappa shape index (κ2) is 10.4. The minimum Gasteiger partial charge on any atom is -0.394 e. The zero-order valence-electron chi connectivity index (χ0n) is 14.5. The molecule has 0 amide bonds. The SMILES string of the molecule is CCCCCCCCC/C=C\C1OC(C)(C)OC1C(O)CO. The zero-order valence-corrected chi connectivity index (χ0v) is 14.5. The summed E-state index contributed by atoms with van der Waals surface area (Å²) < 4.78 is 11.4. The maximum absolute atomic E-state index is 9.81. The Kier molecular flexibility index (Phi) is 9.25. The molecule has 1 fully saturated rings. The smallest absolute Gasteiger partial charge is 0.164 e. The number of allylic oxidation sites excluding steroid dienone is 1. The van der Waals surface area contributed by atoms with E-state index in [1.54, 1.807) is 0 Å². The minimum absolute atomic E-state index is 0.290. The van der Waals surface area contributed by atoms with Gasteiger partial charge in [-0.05, 0) is 26.7 Å². The Morgan fingerprint density at radius 2 is 1.68 bits per heavy atom. The number of aliphatic hydroxyl groups excluding tert-OH is 2. The summed E-state index contributed by atoms with van der Waals surface area (Å²) in [5, 5.41) is 18.9. The lowest BCUT2D eigenvalue weighted by molar-refractivity contribution is -0.155. The van der Waals surface area contributed by atoms with E-state index in [1.807, 2.05) is 19.9 Å². The second-order valence-corrected chi connectivity index (χ2v) is 6.65. The largest absolute Gasteiger partial charge is 0.394 e. The second-order valence-electron chi connectivity index (χ2n) is 6.65. The first-order valence-corrected chi connectivity index (χ1v) is 8.81. The van der Waals surface area contributed by atoms with Crippen LogP contribution in [0.3, 0.4) is 0 Å². The minimum atomic E-state index is -0.907. The quantitative estimate of drug-likeness (QED) is 0.452. The number of rotatable bonds is 11. The van der Waals surface area contributed by atoms with E-state index in [1.165, 1.54) is 44.9 Å². The Bertz CT molecular complexity index is 314. The molecule has 0 aromatic carbocycles. The molecular formula is C18H34O4. The Morgan fingerprint density at radius 1 is 1.05 bits per heavy atom. The van der Waals surface area contributed by atoms with Gasteiger partial charge in [-0.25, -0.2) is 0 Å². The molecule has 2 N–H and O–H groups in total. The van der Waals surface area contributed by atoms with Gasteiger partial charge in [-0.1, -0.05) is 57.6 Å². The van der Waals surface area contributed by atoms with E-state index in [9.17, 15) is 5.11 Å². The van der Waals surface area contributed by atoms with Crippen LogP contribution < -0.4 is 0 Å². The molecule has 4 heteroatoms. The molecule has 1 aliphatic rings. The van der Waals surface area contributed by atoms with Gasteiger partial charge in [0.1, 0.15) is 18.3 Å². The fraction of sp³-hybridized carbons (Fsp3) is 0.889. The van der Waals surface area contributed by atoms with E-state index in [0.29, 0.717) is 0 Å². The number of hydrogen-bond donors (Lipinski definition) is 2. The molecule has 0 aromatic heterocycles. The average molecular weight is 314 g/mol. The highest BCUT2D eigenvalue weighted by Gasteiger charge is 2.43. The highest BCUT2D eigenvalue weighted by molar-refractivity contribution is 5.00. The summed E-state index contributed by atoms with van der Waals surface area (Å²) in [5.41, 5.74) is 0. The molecule has 0 aliphatic carbocycles. The maximum Gasteiger partial charge on any atom is 0.164 e. The van der Waals surface area contributed by atoms with Gasteiger partial charge < -0.3 is 19.7 Å². The summed E-state index contributed by atoms with van der Waals surface area (Å²) in [5.74, 6) is -0.713. The molecule has 1 rings (SSSR count). The zero-order chi connectivity index (χ0) is 16.4. The highest BCUT2D eigenvalue weighted by Crippen LogP contribution is 2.30. The number of aliphatic hydroxyl groups is 2. The van der Waals surface area contributed by atoms with Gasteiger partial charge in [0.25, 0.3) is 0 Å². The van der Waals surface area contributed by atoms with Crippen LogP contribution in [-0.4, -0.2) is 40.9 Å². The van der Waals surface area contributed by atoms with Gasteiger partial charge in [0.05, 0.1) is 6.61 Å². The lowest BCUT2D eigenvalue weighted by Gasteiger charge is -2.19. The van der Waals surface area contributed by atoms with Crippen molar-refractivity contribution in [3.05, 3.63) is 12.2 Å². The van der Waals surface area contributed by atoms with Crippen molar-refractivity contribution in [1.29, 1.82) is 0 Å². The van der Waals surface area contributed by atoms with E-state index in [2.05, 4.69) is 13.0 Å². The van der Waals surface area contributed by atoms with Gasteiger partial charge in [-0.15, -0.1) is 0 Å². The molecule has 0 aromatic rings. The van der Waals surface area contributed by atoms with Crippen molar-refractivity contribution in [1.82, 2.24) is 0 Å². The Balaban J connectivity index is 2.23. The summed E-state index contributed by atoms with van der Waals surface area (Å²) in [7, 11) is 0. The molecule has 22 heavy (non-hydrogen) atoms. The number of unbranched alkanes of at least 4 members (excludes halogenated alkanes) is 7. The van der Waals surface area contributed by atoms with Crippen LogP contribution in [0.1, 0.15) is 72.1 Å². The molecule has 1 aliphatic heterocycles. The van der Waals surface area contributed by atoms with Crippen molar-refractivity contribution in [3.63, 3.8) is 0 Å². The monoisotopic (exact) mass is 314 g/mol. The van der Waals surface area contributed by atoms with Crippen LogP contribution in [0.25, 0.3) is 0 Å². The molecule has 1 saturated heterocycles. The summed E-state index contributed by atoms with van der Waals surface area (Å²) in [6, 6.07) is 0. The third-order valence-corrected chi connectivity index (χ3v) is 4.03. The van der Waals surface area contributed by atoms with Gasteiger partial charge in [0, 0.05) is 0 Å². The molecule has 130 valence electrons. The maximum atomic E-state index is 9.81. The lowest BCUT2D eigenvalue weighted by Crippen LogP contribution is -2.37. The Hall–Kier alpha value is -0.420. The fourth-order valence-corrected chi connectivity index (χ4v) is 2.82. The molecule has 0 saturated carbocycles. The van der Waals surface area contributed by atoms with Crippen LogP contribution in [0.5, 0.6) is 0 Å². The first-order chi connectivity index (χ1) is 10.5. The van der Waals surface area contributed by atoms with Crippen molar-refractivity contribution in [2.45, 2.75) is 96.2 Å². The van der Waals surface area contributed by atoms with Crippen LogP contribution in [0.4, 0.5) is 0 Å². The van der Waals surface area contributed by atoms with Gasteiger partial charge in [0.15, 0.2) is 5.79 Å². The summed E-state index contributed by atoms with van der Waals surface area (Å²) in [6.45, 7) is 5.58. The van der Waals surface area contributed by atoms with Gasteiger partial charge >= 0.3 is 0 Å². The molecule has 0 spiro atoms. The van der Waals surface area contributed by atoms with Crippen LogP contribution in [0.2, 0.25) is 0 Å². The molecule has 3 unspecified atom stereocenters. The normalized spacial score (nSPS) is 25.9. The van der Waals surface area contributed by atoms with Gasteiger partial charge in [-0.3, -0.25) is 0 Å². The summed E-state index contributed by atoms with van der Waals surface area (Å²) in [4.78, 5) is 0. The number of ether oxygens (including phenoxy) is 2. The van der Waals surface area contributed by atoms with Crippen molar-refractivity contribution in [3.8, 4) is 0 Å². The van der Waals surface area contributed by atoms with Crippen molar-refractivity contribution in [2.24, 2.45) is 0 Å². The molecule has 4 nitrogen and oxygen atoms in total.